The van der Waals surface area contributed by atoms with E-state index in [4.69, 9.17) is 9.47 Å². The van der Waals surface area contributed by atoms with Crippen LogP contribution in [0, 0.1) is 0 Å². The number of hydrogen-bond acceptors (Lipinski definition) is 4. The maximum Gasteiger partial charge on any atom is 0.408 e. The van der Waals surface area contributed by atoms with Gasteiger partial charge in [0.1, 0.15) is 12.6 Å². The Kier molecular flexibility index (Phi) is 6.82. The third kappa shape index (κ3) is 5.82. The molecule has 6 nitrogen and oxygen atoms in total. The van der Waals surface area contributed by atoms with E-state index >= 15 is 0 Å². The molecule has 27 heavy (non-hydrogen) atoms. The van der Waals surface area contributed by atoms with E-state index in [0.717, 1.165) is 11.1 Å². The van der Waals surface area contributed by atoms with E-state index in [2.05, 4.69) is 5.32 Å². The lowest BCUT2D eigenvalue weighted by Gasteiger charge is -2.30. The molecule has 0 aliphatic carbocycles. The van der Waals surface area contributed by atoms with E-state index in [0.29, 0.717) is 32.7 Å². The van der Waals surface area contributed by atoms with Gasteiger partial charge in [-0.15, -0.1) is 0 Å². The Labute approximate surface area is 159 Å². The van der Waals surface area contributed by atoms with Gasteiger partial charge in [0.05, 0.1) is 13.2 Å². The number of alkyl carbamates (subject to hydrolysis) is 1. The fraction of sp³-hybridized carbons (Fsp3) is 0.333. The van der Waals surface area contributed by atoms with Crippen LogP contribution in [0.25, 0.3) is 0 Å². The first-order chi connectivity index (χ1) is 13.2. The summed E-state index contributed by atoms with van der Waals surface area (Å²) < 4.78 is 10.6. The molecule has 0 radical (unpaired) electrons. The zero-order chi connectivity index (χ0) is 18.9. The lowest BCUT2D eigenvalue weighted by atomic mass is 10.0. The zero-order valence-electron chi connectivity index (χ0n) is 15.2. The van der Waals surface area contributed by atoms with Gasteiger partial charge in [0.2, 0.25) is 5.91 Å². The van der Waals surface area contributed by atoms with Crippen molar-refractivity contribution in [3.05, 3.63) is 71.8 Å². The van der Waals surface area contributed by atoms with Crippen LogP contribution in [0.1, 0.15) is 11.1 Å². The predicted octanol–water partition coefficient (Wildman–Crippen LogP) is 2.38. The number of morpholine rings is 1. The number of amides is 2. The van der Waals surface area contributed by atoms with Gasteiger partial charge < -0.3 is 19.7 Å². The Morgan fingerprint density at radius 1 is 0.963 bits per heavy atom. The summed E-state index contributed by atoms with van der Waals surface area (Å²) in [5.74, 6) is -0.112. The quantitative estimate of drug-likeness (QED) is 0.850. The van der Waals surface area contributed by atoms with Crippen molar-refractivity contribution in [2.75, 3.05) is 26.3 Å². The summed E-state index contributed by atoms with van der Waals surface area (Å²) in [4.78, 5) is 26.9. The van der Waals surface area contributed by atoms with Crippen molar-refractivity contribution in [2.45, 2.75) is 19.1 Å². The van der Waals surface area contributed by atoms with Crippen molar-refractivity contribution in [3.8, 4) is 0 Å². The largest absolute Gasteiger partial charge is 0.445 e. The third-order valence-corrected chi connectivity index (χ3v) is 4.41. The maximum absolute atomic E-state index is 12.9. The Balaban J connectivity index is 1.63. The van der Waals surface area contributed by atoms with Crippen molar-refractivity contribution in [2.24, 2.45) is 0 Å². The Morgan fingerprint density at radius 2 is 1.56 bits per heavy atom. The Hall–Kier alpha value is -2.86. The molecular formula is C21H24N2O4. The van der Waals surface area contributed by atoms with E-state index in [1.807, 2.05) is 60.7 Å². The molecule has 1 atom stereocenters. The molecule has 1 N–H and O–H groups in total. The number of benzene rings is 2. The molecule has 3 rings (SSSR count). The summed E-state index contributed by atoms with van der Waals surface area (Å²) in [5, 5.41) is 2.74. The van der Waals surface area contributed by atoms with E-state index in [1.54, 1.807) is 4.90 Å². The van der Waals surface area contributed by atoms with Crippen molar-refractivity contribution in [1.82, 2.24) is 10.2 Å². The maximum atomic E-state index is 12.9. The van der Waals surface area contributed by atoms with Gasteiger partial charge in [0.25, 0.3) is 0 Å². The lowest BCUT2D eigenvalue weighted by molar-refractivity contribution is -0.137. The molecule has 0 unspecified atom stereocenters. The Bertz CT molecular complexity index is 730. The number of carbonyl (C=O) groups excluding carboxylic acids is 2. The summed E-state index contributed by atoms with van der Waals surface area (Å²) in [7, 11) is 0. The van der Waals surface area contributed by atoms with E-state index in [9.17, 15) is 9.59 Å². The van der Waals surface area contributed by atoms with Crippen molar-refractivity contribution < 1.29 is 19.1 Å². The van der Waals surface area contributed by atoms with Crippen LogP contribution in [0.3, 0.4) is 0 Å². The van der Waals surface area contributed by atoms with E-state index in [1.165, 1.54) is 0 Å². The monoisotopic (exact) mass is 368 g/mol. The lowest BCUT2D eigenvalue weighted by Crippen LogP contribution is -2.52. The van der Waals surface area contributed by atoms with Gasteiger partial charge in [-0.3, -0.25) is 4.79 Å². The first-order valence-corrected chi connectivity index (χ1v) is 9.10. The van der Waals surface area contributed by atoms with Gasteiger partial charge in [-0.25, -0.2) is 4.79 Å². The number of nitrogens with zero attached hydrogens (tertiary/aromatic N) is 1. The van der Waals surface area contributed by atoms with Crippen molar-refractivity contribution in [1.29, 1.82) is 0 Å². The molecule has 0 spiro atoms. The van der Waals surface area contributed by atoms with Crippen LogP contribution in [0.5, 0.6) is 0 Å². The molecule has 0 bridgehead atoms. The fourth-order valence-corrected chi connectivity index (χ4v) is 2.96. The molecule has 1 aliphatic heterocycles. The zero-order valence-corrected chi connectivity index (χ0v) is 15.2. The van der Waals surface area contributed by atoms with Crippen LogP contribution in [-0.4, -0.2) is 49.2 Å². The van der Waals surface area contributed by atoms with Crippen LogP contribution in [0.15, 0.2) is 60.7 Å². The molecule has 2 amide bonds. The van der Waals surface area contributed by atoms with Crippen LogP contribution < -0.4 is 5.32 Å². The third-order valence-electron chi connectivity index (χ3n) is 4.41. The molecule has 142 valence electrons. The highest BCUT2D eigenvalue weighted by Crippen LogP contribution is 2.09. The van der Waals surface area contributed by atoms with Gasteiger partial charge in [-0.2, -0.15) is 0 Å². The SMILES string of the molecule is O=C(N[C@@H](Cc1ccccc1)C(=O)N1CCOCC1)OCc1ccccc1. The number of carbonyl (C=O) groups is 2. The van der Waals surface area contributed by atoms with E-state index < -0.39 is 12.1 Å². The first-order valence-electron chi connectivity index (χ1n) is 9.10. The molecule has 1 aliphatic rings. The molecule has 1 saturated heterocycles. The minimum atomic E-state index is -0.672. The number of rotatable bonds is 6. The topological polar surface area (TPSA) is 67.9 Å². The van der Waals surface area contributed by atoms with Gasteiger partial charge in [0, 0.05) is 19.5 Å². The number of hydrogen-bond donors (Lipinski definition) is 1. The molecule has 0 saturated carbocycles. The molecule has 1 heterocycles. The second kappa shape index (κ2) is 9.73. The highest BCUT2D eigenvalue weighted by atomic mass is 16.5. The normalized spacial score (nSPS) is 15.0. The summed E-state index contributed by atoms with van der Waals surface area (Å²) in [6.07, 6.45) is -0.182. The van der Waals surface area contributed by atoms with Gasteiger partial charge in [-0.1, -0.05) is 60.7 Å². The molecule has 2 aromatic carbocycles. The minimum Gasteiger partial charge on any atom is -0.445 e. The number of ether oxygens (including phenoxy) is 2. The minimum absolute atomic E-state index is 0.112. The van der Waals surface area contributed by atoms with Crippen LogP contribution >= 0.6 is 0 Å². The average Bonchev–Trinajstić information content (AvgIpc) is 2.73. The smallest absolute Gasteiger partial charge is 0.408 e. The molecule has 6 heteroatoms. The number of nitrogens with one attached hydrogen (secondary N) is 1. The summed E-state index contributed by atoms with van der Waals surface area (Å²) in [6, 6.07) is 18.4. The van der Waals surface area contributed by atoms with Gasteiger partial charge >= 0.3 is 6.09 Å². The van der Waals surface area contributed by atoms with Crippen LogP contribution in [0.4, 0.5) is 4.79 Å². The molecule has 0 aromatic heterocycles. The van der Waals surface area contributed by atoms with Crippen molar-refractivity contribution in [3.63, 3.8) is 0 Å². The van der Waals surface area contributed by atoms with Gasteiger partial charge in [0.15, 0.2) is 0 Å². The highest BCUT2D eigenvalue weighted by Gasteiger charge is 2.28. The summed E-state index contributed by atoms with van der Waals surface area (Å²) >= 11 is 0. The fourth-order valence-electron chi connectivity index (χ4n) is 2.96. The van der Waals surface area contributed by atoms with Crippen LogP contribution in [-0.2, 0) is 27.3 Å². The average molecular weight is 368 g/mol. The first kappa shape index (κ1) is 18.9. The van der Waals surface area contributed by atoms with Gasteiger partial charge in [-0.05, 0) is 11.1 Å². The molecule has 2 aromatic rings. The molecular weight excluding hydrogens is 344 g/mol. The van der Waals surface area contributed by atoms with E-state index in [-0.39, 0.29) is 12.5 Å². The predicted molar refractivity (Wildman–Crippen MR) is 101 cm³/mol. The Morgan fingerprint density at radius 3 is 2.19 bits per heavy atom. The highest BCUT2D eigenvalue weighted by molar-refractivity contribution is 5.86. The standard InChI is InChI=1S/C21H24N2O4/c24-20(23-11-13-26-14-12-23)19(15-17-7-3-1-4-8-17)22-21(25)27-16-18-9-5-2-6-10-18/h1-10,19H,11-16H2,(H,22,25)/t19-/m0/s1. The molecule has 1 fully saturated rings. The second-order valence-electron chi connectivity index (χ2n) is 6.39. The summed E-state index contributed by atoms with van der Waals surface area (Å²) in [5.41, 5.74) is 1.87. The van der Waals surface area contributed by atoms with Crippen LogP contribution in [0.2, 0.25) is 0 Å². The summed E-state index contributed by atoms with van der Waals surface area (Å²) in [6.45, 7) is 2.26. The second-order valence-corrected chi connectivity index (χ2v) is 6.39. The van der Waals surface area contributed by atoms with Crippen molar-refractivity contribution >= 4 is 12.0 Å².